The number of carbonyl (C=O) groups is 1. The first-order valence-electron chi connectivity index (χ1n) is 8.91. The maximum absolute atomic E-state index is 12.8. The zero-order chi connectivity index (χ0) is 19.0. The minimum absolute atomic E-state index is 0.0131. The number of amides is 1. The van der Waals surface area contributed by atoms with Crippen molar-refractivity contribution in [2.45, 2.75) is 6.92 Å². The van der Waals surface area contributed by atoms with Crippen LogP contribution in [0.2, 0.25) is 5.02 Å². The van der Waals surface area contributed by atoms with Gasteiger partial charge in [-0.25, -0.2) is 4.98 Å². The Morgan fingerprint density at radius 3 is 2.41 bits per heavy atom. The SMILES string of the molecule is Cc1ccc(-c2nc(C(=O)N3CCN(c4ccc(Cl)cc4)CC3)cs2)n1C. The standard InChI is InChI=1S/C20H21ClN4OS/c1-14-3-8-18(23(14)2)19-22-17(13-27-19)20(26)25-11-9-24(10-12-25)16-6-4-15(21)5-7-16/h3-8,13H,9-12H2,1-2H3. The van der Waals surface area contributed by atoms with Gasteiger partial charge in [0.25, 0.3) is 5.91 Å². The number of aromatic nitrogens is 2. The van der Waals surface area contributed by atoms with Crippen LogP contribution in [0.4, 0.5) is 5.69 Å². The van der Waals surface area contributed by atoms with Crippen molar-refractivity contribution in [2.24, 2.45) is 7.05 Å². The van der Waals surface area contributed by atoms with Crippen LogP contribution in [0.3, 0.4) is 0 Å². The Bertz CT molecular complexity index is 955. The highest BCUT2D eigenvalue weighted by atomic mass is 35.5. The Balaban J connectivity index is 1.42. The molecule has 1 amide bonds. The molecule has 2 aromatic heterocycles. The number of halogens is 1. The summed E-state index contributed by atoms with van der Waals surface area (Å²) in [6.07, 6.45) is 0. The largest absolute Gasteiger partial charge is 0.368 e. The highest BCUT2D eigenvalue weighted by molar-refractivity contribution is 7.13. The first-order chi connectivity index (χ1) is 13.0. The van der Waals surface area contributed by atoms with E-state index in [-0.39, 0.29) is 5.91 Å². The van der Waals surface area contributed by atoms with E-state index in [1.54, 1.807) is 0 Å². The van der Waals surface area contributed by atoms with Gasteiger partial charge in [-0.1, -0.05) is 11.6 Å². The van der Waals surface area contributed by atoms with Crippen LogP contribution in [-0.4, -0.2) is 46.5 Å². The van der Waals surface area contributed by atoms with Crippen LogP contribution in [0.15, 0.2) is 41.8 Å². The van der Waals surface area contributed by atoms with Crippen LogP contribution < -0.4 is 4.90 Å². The Labute approximate surface area is 167 Å². The summed E-state index contributed by atoms with van der Waals surface area (Å²) >= 11 is 7.48. The van der Waals surface area contributed by atoms with Crippen LogP contribution in [0.5, 0.6) is 0 Å². The molecule has 1 aliphatic rings. The van der Waals surface area contributed by atoms with Crippen molar-refractivity contribution < 1.29 is 4.79 Å². The minimum Gasteiger partial charge on any atom is -0.368 e. The molecular weight excluding hydrogens is 380 g/mol. The second kappa shape index (κ2) is 7.37. The second-order valence-electron chi connectivity index (χ2n) is 6.71. The van der Waals surface area contributed by atoms with Crippen LogP contribution in [0.1, 0.15) is 16.2 Å². The molecule has 0 N–H and O–H groups in total. The third-order valence-electron chi connectivity index (χ3n) is 5.07. The number of carbonyl (C=O) groups excluding carboxylic acids is 1. The van der Waals surface area contributed by atoms with Crippen LogP contribution in [0, 0.1) is 6.92 Å². The molecule has 0 spiro atoms. The van der Waals surface area contributed by atoms with Crippen LogP contribution in [-0.2, 0) is 7.05 Å². The highest BCUT2D eigenvalue weighted by Crippen LogP contribution is 2.26. The Morgan fingerprint density at radius 1 is 1.07 bits per heavy atom. The number of hydrogen-bond acceptors (Lipinski definition) is 4. The van der Waals surface area contributed by atoms with Crippen molar-refractivity contribution >= 4 is 34.5 Å². The van der Waals surface area contributed by atoms with E-state index in [4.69, 9.17) is 11.6 Å². The molecule has 5 nitrogen and oxygen atoms in total. The van der Waals surface area contributed by atoms with Gasteiger partial charge in [0, 0.05) is 55.0 Å². The number of benzene rings is 1. The lowest BCUT2D eigenvalue weighted by molar-refractivity contribution is 0.0742. The third kappa shape index (κ3) is 3.59. The van der Waals surface area contributed by atoms with Crippen molar-refractivity contribution in [1.29, 1.82) is 0 Å². The molecule has 3 aromatic rings. The summed E-state index contributed by atoms with van der Waals surface area (Å²) in [5, 5.41) is 3.49. The fraction of sp³-hybridized carbons (Fsp3) is 0.300. The first kappa shape index (κ1) is 18.1. The van der Waals surface area contributed by atoms with Gasteiger partial charge in [0.15, 0.2) is 0 Å². The van der Waals surface area contributed by atoms with Gasteiger partial charge in [-0.2, -0.15) is 0 Å². The summed E-state index contributed by atoms with van der Waals surface area (Å²) in [5.74, 6) is 0.0131. The number of anilines is 1. The molecule has 0 radical (unpaired) electrons. The Morgan fingerprint density at radius 2 is 1.78 bits per heavy atom. The van der Waals surface area contributed by atoms with Gasteiger partial charge in [0.05, 0.1) is 5.69 Å². The smallest absolute Gasteiger partial charge is 0.273 e. The van der Waals surface area contributed by atoms with Crippen LogP contribution >= 0.6 is 22.9 Å². The fourth-order valence-corrected chi connectivity index (χ4v) is 4.28. The molecule has 0 saturated carbocycles. The topological polar surface area (TPSA) is 41.4 Å². The summed E-state index contributed by atoms with van der Waals surface area (Å²) < 4.78 is 2.10. The van der Waals surface area contributed by atoms with Crippen molar-refractivity contribution in [3.05, 3.63) is 58.2 Å². The molecule has 4 rings (SSSR count). The number of aryl methyl sites for hydroxylation is 1. The lowest BCUT2D eigenvalue weighted by Gasteiger charge is -2.35. The minimum atomic E-state index is 0.0131. The first-order valence-corrected chi connectivity index (χ1v) is 10.2. The average Bonchev–Trinajstić information content (AvgIpc) is 3.29. The predicted molar refractivity (Wildman–Crippen MR) is 111 cm³/mol. The monoisotopic (exact) mass is 400 g/mol. The zero-order valence-electron chi connectivity index (χ0n) is 15.4. The quantitative estimate of drug-likeness (QED) is 0.665. The normalized spacial score (nSPS) is 14.6. The number of thiazole rings is 1. The summed E-state index contributed by atoms with van der Waals surface area (Å²) in [4.78, 5) is 21.6. The lowest BCUT2D eigenvalue weighted by Crippen LogP contribution is -2.48. The highest BCUT2D eigenvalue weighted by Gasteiger charge is 2.24. The van der Waals surface area contributed by atoms with Gasteiger partial charge in [-0.05, 0) is 43.3 Å². The fourth-order valence-electron chi connectivity index (χ4n) is 3.30. The van der Waals surface area contributed by atoms with E-state index in [0.717, 1.165) is 34.5 Å². The Kier molecular flexibility index (Phi) is 4.93. The maximum atomic E-state index is 12.8. The van der Waals surface area contributed by atoms with Gasteiger partial charge < -0.3 is 14.4 Å². The maximum Gasteiger partial charge on any atom is 0.273 e. The van der Waals surface area contributed by atoms with Gasteiger partial charge in [0.2, 0.25) is 0 Å². The van der Waals surface area contributed by atoms with E-state index < -0.39 is 0 Å². The molecular formula is C20H21ClN4OS. The van der Waals surface area contributed by atoms with Crippen molar-refractivity contribution in [3.8, 4) is 10.7 Å². The number of nitrogens with zero attached hydrogens (tertiary/aromatic N) is 4. The van der Waals surface area contributed by atoms with Gasteiger partial charge in [-0.3, -0.25) is 4.79 Å². The van der Waals surface area contributed by atoms with Gasteiger partial charge in [0.1, 0.15) is 10.7 Å². The average molecular weight is 401 g/mol. The summed E-state index contributed by atoms with van der Waals surface area (Å²) in [7, 11) is 2.02. The predicted octanol–water partition coefficient (Wildman–Crippen LogP) is 4.07. The number of piperazine rings is 1. The molecule has 3 heterocycles. The molecule has 7 heteroatoms. The lowest BCUT2D eigenvalue weighted by atomic mass is 10.2. The molecule has 0 aliphatic carbocycles. The van der Waals surface area contributed by atoms with Crippen molar-refractivity contribution in [3.63, 3.8) is 0 Å². The third-order valence-corrected chi connectivity index (χ3v) is 6.19. The van der Waals surface area contributed by atoms with E-state index >= 15 is 0 Å². The molecule has 1 aliphatic heterocycles. The molecule has 0 bridgehead atoms. The summed E-state index contributed by atoms with van der Waals surface area (Å²) in [6.45, 7) is 5.06. The molecule has 1 saturated heterocycles. The molecule has 0 atom stereocenters. The second-order valence-corrected chi connectivity index (χ2v) is 8.01. The van der Waals surface area contributed by atoms with E-state index in [0.29, 0.717) is 18.8 Å². The van der Waals surface area contributed by atoms with E-state index in [1.807, 2.05) is 47.7 Å². The number of rotatable bonds is 3. The van der Waals surface area contributed by atoms with E-state index in [1.165, 1.54) is 17.0 Å². The Hall–Kier alpha value is -2.31. The zero-order valence-corrected chi connectivity index (χ0v) is 16.9. The molecule has 1 aromatic carbocycles. The van der Waals surface area contributed by atoms with E-state index in [9.17, 15) is 4.79 Å². The summed E-state index contributed by atoms with van der Waals surface area (Å²) in [5.41, 5.74) is 3.89. The van der Waals surface area contributed by atoms with Gasteiger partial charge >= 0.3 is 0 Å². The number of hydrogen-bond donors (Lipinski definition) is 0. The van der Waals surface area contributed by atoms with E-state index in [2.05, 4.69) is 27.4 Å². The molecule has 140 valence electrons. The molecule has 1 fully saturated rings. The summed E-state index contributed by atoms with van der Waals surface area (Å²) in [6, 6.07) is 12.0. The van der Waals surface area contributed by atoms with Crippen LogP contribution in [0.25, 0.3) is 10.7 Å². The van der Waals surface area contributed by atoms with Crippen molar-refractivity contribution in [1.82, 2.24) is 14.5 Å². The van der Waals surface area contributed by atoms with Gasteiger partial charge in [-0.15, -0.1) is 11.3 Å². The van der Waals surface area contributed by atoms with Crippen molar-refractivity contribution in [2.75, 3.05) is 31.1 Å². The molecule has 0 unspecified atom stereocenters. The molecule has 27 heavy (non-hydrogen) atoms.